The molecule has 0 saturated heterocycles. The summed E-state index contributed by atoms with van der Waals surface area (Å²) in [5.41, 5.74) is 1.14. The van der Waals surface area contributed by atoms with E-state index in [1.807, 2.05) is 18.2 Å². The minimum atomic E-state index is 0.557. The highest BCUT2D eigenvalue weighted by atomic mass is 35.5. The van der Waals surface area contributed by atoms with Crippen LogP contribution in [0.5, 0.6) is 0 Å². The molecular weight excluding hydrogens is 289 g/mol. The van der Waals surface area contributed by atoms with E-state index in [-0.39, 0.29) is 0 Å². The summed E-state index contributed by atoms with van der Waals surface area (Å²) in [6, 6.07) is 6.38. The fraction of sp³-hybridized carbons (Fsp3) is 0.647. The van der Waals surface area contributed by atoms with Gasteiger partial charge in [-0.1, -0.05) is 56.0 Å². The van der Waals surface area contributed by atoms with E-state index >= 15 is 0 Å². The highest BCUT2D eigenvalue weighted by Gasteiger charge is 2.26. The minimum Gasteiger partial charge on any atom is -0.314 e. The standard InChI is InChI=1S/C17H25Cl2N/c1-12(2)20-11-14-7-4-3-6-13(14)10-15-16(18)8-5-9-17(15)19/h5,8-9,12-14,20H,3-4,6-7,10-11H2,1-2H3. The number of hydrogen-bond acceptors (Lipinski definition) is 1. The molecular formula is C17H25Cl2N. The summed E-state index contributed by atoms with van der Waals surface area (Å²) in [6.45, 7) is 5.54. The van der Waals surface area contributed by atoms with Crippen LogP contribution in [0.15, 0.2) is 18.2 Å². The molecule has 0 spiro atoms. The van der Waals surface area contributed by atoms with Gasteiger partial charge in [-0.2, -0.15) is 0 Å². The first-order valence-electron chi connectivity index (χ1n) is 7.74. The smallest absolute Gasteiger partial charge is 0.0452 e. The van der Waals surface area contributed by atoms with Gasteiger partial charge in [0.2, 0.25) is 0 Å². The summed E-state index contributed by atoms with van der Waals surface area (Å²) in [5.74, 6) is 1.45. The summed E-state index contributed by atoms with van der Waals surface area (Å²) < 4.78 is 0. The van der Waals surface area contributed by atoms with Crippen LogP contribution in [-0.4, -0.2) is 12.6 Å². The molecule has 20 heavy (non-hydrogen) atoms. The van der Waals surface area contributed by atoms with Gasteiger partial charge in [-0.15, -0.1) is 0 Å². The molecule has 0 radical (unpaired) electrons. The number of halogens is 2. The lowest BCUT2D eigenvalue weighted by Gasteiger charge is -2.33. The molecule has 1 aliphatic rings. The lowest BCUT2D eigenvalue weighted by atomic mass is 9.76. The Labute approximate surface area is 133 Å². The van der Waals surface area contributed by atoms with Crippen LogP contribution in [0.25, 0.3) is 0 Å². The van der Waals surface area contributed by atoms with Crippen LogP contribution in [0.3, 0.4) is 0 Å². The quantitative estimate of drug-likeness (QED) is 0.773. The average molecular weight is 314 g/mol. The van der Waals surface area contributed by atoms with Crippen LogP contribution in [0.2, 0.25) is 10.0 Å². The van der Waals surface area contributed by atoms with Gasteiger partial charge in [0.05, 0.1) is 0 Å². The van der Waals surface area contributed by atoms with Crippen molar-refractivity contribution >= 4 is 23.2 Å². The third-order valence-corrected chi connectivity index (χ3v) is 5.09. The van der Waals surface area contributed by atoms with Gasteiger partial charge in [0.1, 0.15) is 0 Å². The Hall–Kier alpha value is -0.240. The van der Waals surface area contributed by atoms with Crippen molar-refractivity contribution in [3.63, 3.8) is 0 Å². The number of nitrogens with one attached hydrogen (secondary N) is 1. The van der Waals surface area contributed by atoms with E-state index < -0.39 is 0 Å². The zero-order valence-corrected chi connectivity index (χ0v) is 14.0. The molecule has 0 bridgehead atoms. The third-order valence-electron chi connectivity index (χ3n) is 4.38. The Bertz CT molecular complexity index is 411. The maximum absolute atomic E-state index is 6.32. The molecule has 1 nitrogen and oxygen atoms in total. The van der Waals surface area contributed by atoms with E-state index in [9.17, 15) is 0 Å². The SMILES string of the molecule is CC(C)NCC1CCCCC1Cc1c(Cl)cccc1Cl. The van der Waals surface area contributed by atoms with Crippen molar-refractivity contribution in [2.24, 2.45) is 11.8 Å². The predicted octanol–water partition coefficient (Wildman–Crippen LogP) is 5.34. The van der Waals surface area contributed by atoms with Gasteiger partial charge in [0, 0.05) is 16.1 Å². The minimum absolute atomic E-state index is 0.557. The molecule has 2 unspecified atom stereocenters. The average Bonchev–Trinajstić information content (AvgIpc) is 2.42. The molecule has 1 aliphatic carbocycles. The summed E-state index contributed by atoms with van der Waals surface area (Å²) in [5, 5.41) is 5.23. The number of rotatable bonds is 5. The second kappa shape index (κ2) is 7.68. The normalized spacial score (nSPS) is 23.2. The molecule has 112 valence electrons. The molecule has 2 rings (SSSR count). The van der Waals surface area contributed by atoms with E-state index in [4.69, 9.17) is 23.2 Å². The van der Waals surface area contributed by atoms with E-state index in [0.29, 0.717) is 12.0 Å². The largest absolute Gasteiger partial charge is 0.314 e. The molecule has 1 saturated carbocycles. The summed E-state index contributed by atoms with van der Waals surface area (Å²) in [7, 11) is 0. The molecule has 1 aromatic rings. The van der Waals surface area contributed by atoms with Crippen molar-refractivity contribution < 1.29 is 0 Å². The van der Waals surface area contributed by atoms with Gasteiger partial charge in [-0.3, -0.25) is 0 Å². The van der Waals surface area contributed by atoms with Crippen molar-refractivity contribution in [3.05, 3.63) is 33.8 Å². The summed E-state index contributed by atoms with van der Waals surface area (Å²) in [6.07, 6.45) is 6.34. The Morgan fingerprint density at radius 1 is 1.10 bits per heavy atom. The first-order chi connectivity index (χ1) is 9.58. The van der Waals surface area contributed by atoms with Crippen molar-refractivity contribution in [1.29, 1.82) is 0 Å². The second-order valence-corrected chi connectivity index (χ2v) is 7.09. The fourth-order valence-electron chi connectivity index (χ4n) is 3.20. The van der Waals surface area contributed by atoms with Gasteiger partial charge in [-0.25, -0.2) is 0 Å². The van der Waals surface area contributed by atoms with Crippen LogP contribution in [0, 0.1) is 11.8 Å². The maximum Gasteiger partial charge on any atom is 0.0452 e. The van der Waals surface area contributed by atoms with Crippen LogP contribution >= 0.6 is 23.2 Å². The zero-order valence-electron chi connectivity index (χ0n) is 12.5. The molecule has 1 N–H and O–H groups in total. The molecule has 1 fully saturated rings. The van der Waals surface area contributed by atoms with Crippen LogP contribution in [0.4, 0.5) is 0 Å². The van der Waals surface area contributed by atoms with Crippen LogP contribution in [0.1, 0.15) is 45.1 Å². The fourth-order valence-corrected chi connectivity index (χ4v) is 3.75. The van der Waals surface area contributed by atoms with Gasteiger partial charge in [0.15, 0.2) is 0 Å². The second-order valence-electron chi connectivity index (χ2n) is 6.27. The maximum atomic E-state index is 6.32. The van der Waals surface area contributed by atoms with Crippen LogP contribution in [-0.2, 0) is 6.42 Å². The van der Waals surface area contributed by atoms with E-state index in [1.54, 1.807) is 0 Å². The highest BCUT2D eigenvalue weighted by molar-refractivity contribution is 6.35. The molecule has 1 aromatic carbocycles. The molecule has 0 aliphatic heterocycles. The Balaban J connectivity index is 2.04. The summed E-state index contributed by atoms with van der Waals surface area (Å²) >= 11 is 12.6. The Morgan fingerprint density at radius 2 is 1.70 bits per heavy atom. The Kier molecular flexibility index (Phi) is 6.20. The molecule has 0 aromatic heterocycles. The number of benzene rings is 1. The van der Waals surface area contributed by atoms with Crippen molar-refractivity contribution in [1.82, 2.24) is 5.32 Å². The predicted molar refractivity (Wildman–Crippen MR) is 88.8 cm³/mol. The molecule has 0 amide bonds. The summed E-state index contributed by atoms with van der Waals surface area (Å²) in [4.78, 5) is 0. The van der Waals surface area contributed by atoms with E-state index in [2.05, 4.69) is 19.2 Å². The highest BCUT2D eigenvalue weighted by Crippen LogP contribution is 2.36. The zero-order chi connectivity index (χ0) is 14.5. The monoisotopic (exact) mass is 313 g/mol. The molecule has 2 atom stereocenters. The van der Waals surface area contributed by atoms with Gasteiger partial charge in [-0.05, 0) is 55.3 Å². The first kappa shape index (κ1) is 16.1. The topological polar surface area (TPSA) is 12.0 Å². The number of hydrogen-bond donors (Lipinski definition) is 1. The van der Waals surface area contributed by atoms with Crippen molar-refractivity contribution in [2.75, 3.05) is 6.54 Å². The van der Waals surface area contributed by atoms with Crippen molar-refractivity contribution in [3.8, 4) is 0 Å². The van der Waals surface area contributed by atoms with Gasteiger partial charge in [0.25, 0.3) is 0 Å². The van der Waals surface area contributed by atoms with Crippen molar-refractivity contribution in [2.45, 2.75) is 52.0 Å². The van der Waals surface area contributed by atoms with Gasteiger partial charge >= 0.3 is 0 Å². The first-order valence-corrected chi connectivity index (χ1v) is 8.49. The van der Waals surface area contributed by atoms with E-state index in [1.165, 1.54) is 25.7 Å². The molecule has 3 heteroatoms. The Morgan fingerprint density at radius 3 is 2.30 bits per heavy atom. The van der Waals surface area contributed by atoms with E-state index in [0.717, 1.165) is 34.5 Å². The lowest BCUT2D eigenvalue weighted by Crippen LogP contribution is -2.35. The van der Waals surface area contributed by atoms with Gasteiger partial charge < -0.3 is 5.32 Å². The third kappa shape index (κ3) is 4.38. The van der Waals surface area contributed by atoms with Crippen LogP contribution < -0.4 is 5.32 Å². The molecule has 0 heterocycles. The lowest BCUT2D eigenvalue weighted by molar-refractivity contribution is 0.224.